The second-order valence-electron chi connectivity index (χ2n) is 7.00. The van der Waals surface area contributed by atoms with Crippen LogP contribution in [0.15, 0.2) is 47.4 Å². The molecule has 2 aromatic rings. The zero-order valence-electron chi connectivity index (χ0n) is 15.4. The van der Waals surface area contributed by atoms with Gasteiger partial charge in [-0.3, -0.25) is 9.10 Å². The maximum absolute atomic E-state index is 14.1. The van der Waals surface area contributed by atoms with Crippen LogP contribution in [0.1, 0.15) is 36.2 Å². The Kier molecular flexibility index (Phi) is 5.51. The van der Waals surface area contributed by atoms with Crippen molar-refractivity contribution in [2.24, 2.45) is 5.92 Å². The predicted octanol–water partition coefficient (Wildman–Crippen LogP) is 3.35. The number of nitrogens with one attached hydrogen (secondary N) is 1. The van der Waals surface area contributed by atoms with E-state index in [4.69, 9.17) is 0 Å². The minimum Gasteiger partial charge on any atom is -0.352 e. The first kappa shape index (κ1) is 19.4. The van der Waals surface area contributed by atoms with Gasteiger partial charge in [0.2, 0.25) is 0 Å². The summed E-state index contributed by atoms with van der Waals surface area (Å²) in [5, 5.41) is 2.89. The highest BCUT2D eigenvalue weighted by molar-refractivity contribution is 7.92. The Hall–Kier alpha value is -2.41. The number of hydrogen-bond acceptors (Lipinski definition) is 3. The molecule has 1 amide bonds. The number of nitrogens with zero attached hydrogens (tertiary/aromatic N) is 1. The van der Waals surface area contributed by atoms with Crippen molar-refractivity contribution >= 4 is 21.6 Å². The summed E-state index contributed by atoms with van der Waals surface area (Å²) in [5.74, 6) is -0.514. The molecule has 0 spiro atoms. The summed E-state index contributed by atoms with van der Waals surface area (Å²) in [5.41, 5.74) is 1.59. The summed E-state index contributed by atoms with van der Waals surface area (Å²) in [7, 11) is -4.03. The lowest BCUT2D eigenvalue weighted by atomic mass is 10.0. The number of halogens is 1. The summed E-state index contributed by atoms with van der Waals surface area (Å²) < 4.78 is 41.1. The molecule has 27 heavy (non-hydrogen) atoms. The van der Waals surface area contributed by atoms with Gasteiger partial charge in [-0.25, -0.2) is 12.8 Å². The Morgan fingerprint density at radius 3 is 2.63 bits per heavy atom. The Morgan fingerprint density at radius 2 is 1.93 bits per heavy atom. The monoisotopic (exact) mass is 390 g/mol. The van der Waals surface area contributed by atoms with Crippen LogP contribution in [0, 0.1) is 11.7 Å². The average Bonchev–Trinajstić information content (AvgIpc) is 3.06. The number of anilines is 1. The number of hydrogen-bond donors (Lipinski definition) is 1. The van der Waals surface area contributed by atoms with Gasteiger partial charge in [0.1, 0.15) is 10.7 Å². The molecule has 0 atom stereocenters. The van der Waals surface area contributed by atoms with Crippen LogP contribution < -0.4 is 9.62 Å². The molecule has 0 unspecified atom stereocenters. The van der Waals surface area contributed by atoms with Crippen molar-refractivity contribution < 1.29 is 17.6 Å². The number of carbonyl (C=O) groups is 1. The summed E-state index contributed by atoms with van der Waals surface area (Å²) in [6.07, 6.45) is 1.28. The van der Waals surface area contributed by atoms with Crippen molar-refractivity contribution in [1.82, 2.24) is 5.32 Å². The minimum absolute atomic E-state index is 0.183. The van der Waals surface area contributed by atoms with Gasteiger partial charge >= 0.3 is 0 Å². The molecular formula is C20H23FN2O3S. The standard InChI is InChI=1S/C20H23FN2O3S/c1-14(2)10-12-22-20(24)16-6-5-8-18-15(16)11-13-23(18)27(25,26)19-9-4-3-7-17(19)21/h3-9,14H,10-13H2,1-2H3,(H,22,24). The smallest absolute Gasteiger partial charge is 0.267 e. The van der Waals surface area contributed by atoms with E-state index in [0.717, 1.165) is 12.5 Å². The van der Waals surface area contributed by atoms with E-state index in [1.54, 1.807) is 18.2 Å². The average molecular weight is 390 g/mol. The molecule has 0 bridgehead atoms. The number of sulfonamides is 1. The first-order valence-corrected chi connectivity index (χ1v) is 10.4. The molecule has 7 heteroatoms. The van der Waals surface area contributed by atoms with Gasteiger partial charge < -0.3 is 5.32 Å². The molecule has 1 heterocycles. The van der Waals surface area contributed by atoms with E-state index >= 15 is 0 Å². The van der Waals surface area contributed by atoms with Gasteiger partial charge in [0.05, 0.1) is 5.69 Å². The third kappa shape index (κ3) is 3.83. The van der Waals surface area contributed by atoms with E-state index in [0.29, 0.717) is 35.7 Å². The lowest BCUT2D eigenvalue weighted by Crippen LogP contribution is -2.29. The predicted molar refractivity (Wildman–Crippen MR) is 103 cm³/mol. The van der Waals surface area contributed by atoms with Crippen molar-refractivity contribution in [1.29, 1.82) is 0 Å². The van der Waals surface area contributed by atoms with Crippen LogP contribution >= 0.6 is 0 Å². The zero-order valence-corrected chi connectivity index (χ0v) is 16.2. The second kappa shape index (κ2) is 7.68. The summed E-state index contributed by atoms with van der Waals surface area (Å²) >= 11 is 0. The lowest BCUT2D eigenvalue weighted by Gasteiger charge is -2.20. The number of rotatable bonds is 6. The van der Waals surface area contributed by atoms with Crippen molar-refractivity contribution in [3.8, 4) is 0 Å². The molecule has 1 N–H and O–H groups in total. The quantitative estimate of drug-likeness (QED) is 0.823. The summed E-state index contributed by atoms with van der Waals surface area (Å²) in [6.45, 7) is 4.91. The van der Waals surface area contributed by atoms with Crippen LogP contribution in [0.5, 0.6) is 0 Å². The molecule has 1 aliphatic heterocycles. The van der Waals surface area contributed by atoms with Crippen molar-refractivity contribution in [3.63, 3.8) is 0 Å². The Labute approximate surface area is 159 Å². The molecule has 3 rings (SSSR count). The molecular weight excluding hydrogens is 367 g/mol. The van der Waals surface area contributed by atoms with Crippen LogP contribution in [0.3, 0.4) is 0 Å². The Bertz CT molecular complexity index is 957. The molecule has 0 fully saturated rings. The van der Waals surface area contributed by atoms with Crippen LogP contribution in [0.2, 0.25) is 0 Å². The van der Waals surface area contributed by atoms with Gasteiger partial charge in [-0.05, 0) is 48.6 Å². The highest BCUT2D eigenvalue weighted by atomic mass is 32.2. The maximum Gasteiger partial charge on any atom is 0.267 e. The maximum atomic E-state index is 14.1. The van der Waals surface area contributed by atoms with Gasteiger partial charge in [0.15, 0.2) is 0 Å². The molecule has 0 radical (unpaired) electrons. The fourth-order valence-electron chi connectivity index (χ4n) is 3.21. The normalized spacial score (nSPS) is 13.7. The van der Waals surface area contributed by atoms with Gasteiger partial charge in [0.25, 0.3) is 15.9 Å². The fraction of sp³-hybridized carbons (Fsp3) is 0.350. The SMILES string of the molecule is CC(C)CCNC(=O)c1cccc2c1CCN2S(=O)(=O)c1ccccc1F. The summed E-state index contributed by atoms with van der Waals surface area (Å²) in [6, 6.07) is 10.3. The lowest BCUT2D eigenvalue weighted by molar-refractivity contribution is 0.0951. The highest BCUT2D eigenvalue weighted by Gasteiger charge is 2.34. The van der Waals surface area contributed by atoms with Crippen molar-refractivity contribution in [2.45, 2.75) is 31.6 Å². The van der Waals surface area contributed by atoms with Crippen LogP contribution in [-0.2, 0) is 16.4 Å². The van der Waals surface area contributed by atoms with E-state index in [2.05, 4.69) is 19.2 Å². The minimum atomic E-state index is -4.03. The topological polar surface area (TPSA) is 66.5 Å². The number of benzene rings is 2. The molecule has 144 valence electrons. The molecule has 1 aliphatic rings. The van der Waals surface area contributed by atoms with Gasteiger partial charge in [0, 0.05) is 18.7 Å². The third-order valence-corrected chi connectivity index (χ3v) is 6.49. The molecule has 2 aromatic carbocycles. The first-order chi connectivity index (χ1) is 12.8. The second-order valence-corrected chi connectivity index (χ2v) is 8.83. The number of carbonyl (C=O) groups excluding carboxylic acids is 1. The van der Waals surface area contributed by atoms with Crippen LogP contribution in [0.25, 0.3) is 0 Å². The van der Waals surface area contributed by atoms with Gasteiger partial charge in [-0.2, -0.15) is 0 Å². The fourth-order valence-corrected chi connectivity index (χ4v) is 4.77. The molecule has 0 saturated carbocycles. The van der Waals surface area contributed by atoms with E-state index in [-0.39, 0.29) is 17.3 Å². The van der Waals surface area contributed by atoms with Crippen molar-refractivity contribution in [3.05, 3.63) is 59.4 Å². The number of amides is 1. The Morgan fingerprint density at radius 1 is 1.19 bits per heavy atom. The molecule has 0 aliphatic carbocycles. The van der Waals surface area contributed by atoms with E-state index in [1.165, 1.54) is 22.5 Å². The third-order valence-electron chi connectivity index (χ3n) is 4.64. The van der Waals surface area contributed by atoms with Crippen LogP contribution in [-0.4, -0.2) is 27.4 Å². The number of fused-ring (bicyclic) bond motifs is 1. The molecule has 5 nitrogen and oxygen atoms in total. The largest absolute Gasteiger partial charge is 0.352 e. The van der Waals surface area contributed by atoms with Crippen LogP contribution in [0.4, 0.5) is 10.1 Å². The molecule has 0 saturated heterocycles. The zero-order chi connectivity index (χ0) is 19.6. The highest BCUT2D eigenvalue weighted by Crippen LogP contribution is 2.35. The van der Waals surface area contributed by atoms with E-state index in [1.807, 2.05) is 0 Å². The van der Waals surface area contributed by atoms with E-state index < -0.39 is 15.8 Å². The summed E-state index contributed by atoms with van der Waals surface area (Å²) in [4.78, 5) is 12.2. The Balaban J connectivity index is 1.90. The van der Waals surface area contributed by atoms with Gasteiger partial charge in [-0.15, -0.1) is 0 Å². The molecule has 0 aromatic heterocycles. The van der Waals surface area contributed by atoms with E-state index in [9.17, 15) is 17.6 Å². The van der Waals surface area contributed by atoms with Gasteiger partial charge in [-0.1, -0.05) is 32.0 Å². The first-order valence-electron chi connectivity index (χ1n) is 8.99. The van der Waals surface area contributed by atoms with Crippen molar-refractivity contribution in [2.75, 3.05) is 17.4 Å².